The summed E-state index contributed by atoms with van der Waals surface area (Å²) < 4.78 is 40.9. The molecule has 0 aliphatic carbocycles. The van der Waals surface area contributed by atoms with E-state index < -0.39 is 17.5 Å². The molecule has 0 amide bonds. The van der Waals surface area contributed by atoms with Crippen LogP contribution in [-0.2, 0) is 11.3 Å². The van der Waals surface area contributed by atoms with Crippen molar-refractivity contribution in [1.29, 1.82) is 0 Å². The van der Waals surface area contributed by atoms with E-state index in [0.29, 0.717) is 11.3 Å². The average Bonchev–Trinajstić information content (AvgIpc) is 2.72. The molecule has 7 heteroatoms. The SMILES string of the molecule is CC(C)(C)c1nn(-c2cc(F)c(F)c(F)c2)c(Cl)c1CCl. The van der Waals surface area contributed by atoms with Gasteiger partial charge < -0.3 is 0 Å². The number of hydrogen-bond acceptors (Lipinski definition) is 1. The van der Waals surface area contributed by atoms with E-state index in [0.717, 1.165) is 16.8 Å². The van der Waals surface area contributed by atoms with Crippen LogP contribution in [0.3, 0.4) is 0 Å². The van der Waals surface area contributed by atoms with Crippen LogP contribution in [-0.4, -0.2) is 9.78 Å². The maximum absolute atomic E-state index is 13.4. The van der Waals surface area contributed by atoms with Gasteiger partial charge >= 0.3 is 0 Å². The number of nitrogens with zero attached hydrogens (tertiary/aromatic N) is 2. The lowest BCUT2D eigenvalue weighted by molar-refractivity contribution is 0.445. The van der Waals surface area contributed by atoms with Gasteiger partial charge in [-0.1, -0.05) is 32.4 Å². The van der Waals surface area contributed by atoms with Crippen molar-refractivity contribution < 1.29 is 13.2 Å². The first-order valence-electron chi connectivity index (χ1n) is 6.15. The van der Waals surface area contributed by atoms with Crippen molar-refractivity contribution in [1.82, 2.24) is 9.78 Å². The minimum absolute atomic E-state index is 0.00160. The summed E-state index contributed by atoms with van der Waals surface area (Å²) in [5.41, 5.74) is 0.845. The summed E-state index contributed by atoms with van der Waals surface area (Å²) in [4.78, 5) is 0. The van der Waals surface area contributed by atoms with Crippen LogP contribution in [0.1, 0.15) is 32.0 Å². The highest BCUT2D eigenvalue weighted by molar-refractivity contribution is 6.31. The summed E-state index contributed by atoms with van der Waals surface area (Å²) in [7, 11) is 0. The highest BCUT2D eigenvalue weighted by Crippen LogP contribution is 2.33. The van der Waals surface area contributed by atoms with E-state index in [-0.39, 0.29) is 22.1 Å². The summed E-state index contributed by atoms with van der Waals surface area (Å²) in [6, 6.07) is 1.67. The first-order chi connectivity index (χ1) is 9.66. The molecule has 2 rings (SSSR count). The number of alkyl halides is 1. The third-order valence-corrected chi connectivity index (χ3v) is 3.63. The normalized spacial score (nSPS) is 12.0. The summed E-state index contributed by atoms with van der Waals surface area (Å²) in [5, 5.41) is 4.43. The van der Waals surface area contributed by atoms with Gasteiger partial charge in [0.15, 0.2) is 17.5 Å². The van der Waals surface area contributed by atoms with Crippen molar-refractivity contribution in [2.45, 2.75) is 32.1 Å². The molecule has 0 fully saturated rings. The van der Waals surface area contributed by atoms with Crippen molar-refractivity contribution >= 4 is 23.2 Å². The van der Waals surface area contributed by atoms with E-state index in [9.17, 15) is 13.2 Å². The van der Waals surface area contributed by atoms with Gasteiger partial charge in [-0.3, -0.25) is 0 Å². The van der Waals surface area contributed by atoms with Gasteiger partial charge in [-0.15, -0.1) is 11.6 Å². The summed E-state index contributed by atoms with van der Waals surface area (Å²) in [6.07, 6.45) is 0. The van der Waals surface area contributed by atoms with Gasteiger partial charge in [0.05, 0.1) is 17.3 Å². The van der Waals surface area contributed by atoms with Crippen molar-refractivity contribution in [3.63, 3.8) is 0 Å². The minimum atomic E-state index is -1.53. The highest BCUT2D eigenvalue weighted by Gasteiger charge is 2.26. The fourth-order valence-corrected chi connectivity index (χ4v) is 2.60. The topological polar surface area (TPSA) is 17.8 Å². The molecule has 0 unspecified atom stereocenters. The molecule has 21 heavy (non-hydrogen) atoms. The smallest absolute Gasteiger partial charge is 0.194 e. The molecule has 2 aromatic rings. The molecule has 0 spiro atoms. The van der Waals surface area contributed by atoms with Gasteiger partial charge in [0.2, 0.25) is 0 Å². The second-order valence-corrected chi connectivity index (χ2v) is 6.26. The summed E-state index contributed by atoms with van der Waals surface area (Å²) in [6.45, 7) is 5.74. The van der Waals surface area contributed by atoms with Crippen molar-refractivity contribution in [2.24, 2.45) is 0 Å². The molecule has 0 aliphatic rings. The predicted octanol–water partition coefficient (Wildman–Crippen LogP) is 4.98. The van der Waals surface area contributed by atoms with Crippen LogP contribution in [0.25, 0.3) is 5.69 Å². The Morgan fingerprint density at radius 2 is 1.67 bits per heavy atom. The lowest BCUT2D eigenvalue weighted by Crippen LogP contribution is -2.14. The van der Waals surface area contributed by atoms with E-state index in [1.807, 2.05) is 20.8 Å². The largest absolute Gasteiger partial charge is 0.221 e. The zero-order chi connectivity index (χ0) is 15.9. The predicted molar refractivity (Wildman–Crippen MR) is 76.7 cm³/mol. The minimum Gasteiger partial charge on any atom is -0.221 e. The molecule has 0 atom stereocenters. The van der Waals surface area contributed by atoms with Crippen LogP contribution in [0.5, 0.6) is 0 Å². The molecule has 0 radical (unpaired) electrons. The maximum atomic E-state index is 13.4. The lowest BCUT2D eigenvalue weighted by Gasteiger charge is -2.16. The first-order valence-corrected chi connectivity index (χ1v) is 7.06. The number of aromatic nitrogens is 2. The molecule has 0 aliphatic heterocycles. The van der Waals surface area contributed by atoms with Crippen molar-refractivity contribution in [2.75, 3.05) is 0 Å². The Balaban J connectivity index is 2.68. The Morgan fingerprint density at radius 3 is 2.05 bits per heavy atom. The fourth-order valence-electron chi connectivity index (χ4n) is 1.99. The van der Waals surface area contributed by atoms with E-state index >= 15 is 0 Å². The monoisotopic (exact) mass is 336 g/mol. The molecule has 0 N–H and O–H groups in total. The number of halogens is 5. The van der Waals surface area contributed by atoms with Gasteiger partial charge in [0.1, 0.15) is 5.15 Å². The Bertz CT molecular complexity index is 667. The second kappa shape index (κ2) is 5.54. The second-order valence-electron chi connectivity index (χ2n) is 5.64. The van der Waals surface area contributed by atoms with Crippen LogP contribution in [0.4, 0.5) is 13.2 Å². The molecule has 1 aromatic heterocycles. The van der Waals surface area contributed by atoms with E-state index in [4.69, 9.17) is 23.2 Å². The van der Waals surface area contributed by atoms with Gasteiger partial charge in [-0.05, 0) is 0 Å². The van der Waals surface area contributed by atoms with Crippen LogP contribution in [0.2, 0.25) is 5.15 Å². The van der Waals surface area contributed by atoms with Crippen LogP contribution >= 0.6 is 23.2 Å². The number of benzene rings is 1. The summed E-state index contributed by atoms with van der Waals surface area (Å²) >= 11 is 12.1. The molecule has 1 aromatic carbocycles. The Hall–Kier alpha value is -1.20. The number of rotatable bonds is 2. The quantitative estimate of drug-likeness (QED) is 0.558. The van der Waals surface area contributed by atoms with E-state index in [2.05, 4.69) is 5.10 Å². The molecule has 2 nitrogen and oxygen atoms in total. The van der Waals surface area contributed by atoms with Crippen molar-refractivity contribution in [3.8, 4) is 5.69 Å². The van der Waals surface area contributed by atoms with Gasteiger partial charge in [-0.25, -0.2) is 17.9 Å². The fraction of sp³-hybridized carbons (Fsp3) is 0.357. The highest BCUT2D eigenvalue weighted by atomic mass is 35.5. The van der Waals surface area contributed by atoms with Gasteiger partial charge in [0.25, 0.3) is 0 Å². The molecular weight excluding hydrogens is 324 g/mol. The van der Waals surface area contributed by atoms with Crippen molar-refractivity contribution in [3.05, 3.63) is 46.0 Å². The lowest BCUT2D eigenvalue weighted by atomic mass is 9.90. The maximum Gasteiger partial charge on any atom is 0.194 e. The molecule has 0 bridgehead atoms. The third-order valence-electron chi connectivity index (χ3n) is 2.98. The average molecular weight is 337 g/mol. The Morgan fingerprint density at radius 1 is 1.14 bits per heavy atom. The van der Waals surface area contributed by atoms with Crippen LogP contribution in [0.15, 0.2) is 12.1 Å². The van der Waals surface area contributed by atoms with Crippen LogP contribution in [0, 0.1) is 17.5 Å². The van der Waals surface area contributed by atoms with Gasteiger partial charge in [0, 0.05) is 23.1 Å². The Labute approximate surface area is 130 Å². The standard InChI is InChI=1S/C14H13Cl2F3N2/c1-14(2,3)12-8(6-15)13(16)21(20-12)7-4-9(17)11(19)10(18)5-7/h4-5H,6H2,1-3H3. The molecule has 1 heterocycles. The third kappa shape index (κ3) is 2.90. The van der Waals surface area contributed by atoms with Crippen LogP contribution < -0.4 is 0 Å². The first kappa shape index (κ1) is 16.2. The van der Waals surface area contributed by atoms with E-state index in [1.165, 1.54) is 0 Å². The molecule has 0 saturated heterocycles. The van der Waals surface area contributed by atoms with E-state index in [1.54, 1.807) is 0 Å². The Kier molecular flexibility index (Phi) is 4.26. The molecule has 114 valence electrons. The van der Waals surface area contributed by atoms with Gasteiger partial charge in [-0.2, -0.15) is 5.10 Å². The molecule has 0 saturated carbocycles. The zero-order valence-corrected chi connectivity index (χ0v) is 13.2. The number of hydrogen-bond donors (Lipinski definition) is 0. The molecular formula is C14H13Cl2F3N2. The summed E-state index contributed by atoms with van der Waals surface area (Å²) in [5.74, 6) is -4.03. The zero-order valence-electron chi connectivity index (χ0n) is 11.6.